The van der Waals surface area contributed by atoms with E-state index in [1.807, 2.05) is 31.2 Å². The van der Waals surface area contributed by atoms with E-state index < -0.39 is 22.5 Å². The smallest absolute Gasteiger partial charge is 0.264 e. The molecule has 0 radical (unpaired) electrons. The summed E-state index contributed by atoms with van der Waals surface area (Å²) < 4.78 is 39.2. The van der Waals surface area contributed by atoms with Gasteiger partial charge in [-0.15, -0.1) is 0 Å². The minimum absolute atomic E-state index is 0.0979. The summed E-state index contributed by atoms with van der Waals surface area (Å²) in [6.45, 7) is 5.63. The predicted octanol–water partition coefficient (Wildman–Crippen LogP) is 5.11. The number of aryl methyl sites for hydroxylation is 1. The molecule has 1 unspecified atom stereocenters. The monoisotopic (exact) mass is 510 g/mol. The zero-order valence-electron chi connectivity index (χ0n) is 21.4. The Bertz CT molecular complexity index is 1260. The fourth-order valence-electron chi connectivity index (χ4n) is 3.93. The Morgan fingerprint density at radius 2 is 1.56 bits per heavy atom. The van der Waals surface area contributed by atoms with Crippen molar-refractivity contribution >= 4 is 21.6 Å². The first kappa shape index (κ1) is 27.1. The van der Waals surface area contributed by atoms with E-state index in [9.17, 15) is 13.2 Å². The van der Waals surface area contributed by atoms with Gasteiger partial charge in [0.2, 0.25) is 5.91 Å². The summed E-state index contributed by atoms with van der Waals surface area (Å²) in [5, 5.41) is 3.05. The lowest BCUT2D eigenvalue weighted by atomic mass is 9.97. The van der Waals surface area contributed by atoms with Gasteiger partial charge in [0.25, 0.3) is 10.0 Å². The second-order valence-corrected chi connectivity index (χ2v) is 10.9. The van der Waals surface area contributed by atoms with Crippen LogP contribution in [0.3, 0.4) is 0 Å². The van der Waals surface area contributed by atoms with Gasteiger partial charge in [0.1, 0.15) is 18.0 Å². The van der Waals surface area contributed by atoms with Gasteiger partial charge in [-0.25, -0.2) is 8.42 Å². The number of nitrogens with one attached hydrogen (secondary N) is 1. The highest BCUT2D eigenvalue weighted by molar-refractivity contribution is 7.92. The van der Waals surface area contributed by atoms with E-state index in [2.05, 4.69) is 19.2 Å². The quantitative estimate of drug-likeness (QED) is 0.387. The van der Waals surface area contributed by atoms with Gasteiger partial charge >= 0.3 is 0 Å². The average molecular weight is 511 g/mol. The number of carbonyl (C=O) groups is 1. The molecule has 0 fully saturated rings. The summed E-state index contributed by atoms with van der Waals surface area (Å²) in [7, 11) is -0.984. The summed E-state index contributed by atoms with van der Waals surface area (Å²) in [4.78, 5) is 13.5. The molecule has 192 valence electrons. The predicted molar refractivity (Wildman–Crippen MR) is 142 cm³/mol. The Balaban J connectivity index is 1.95. The third kappa shape index (κ3) is 6.57. The van der Waals surface area contributed by atoms with Crippen LogP contribution in [-0.4, -0.2) is 35.1 Å². The number of hydrogen-bond acceptors (Lipinski definition) is 5. The lowest BCUT2D eigenvalue weighted by Crippen LogP contribution is -2.42. The minimum Gasteiger partial charge on any atom is -0.497 e. The van der Waals surface area contributed by atoms with Crippen LogP contribution in [0.25, 0.3) is 0 Å². The molecule has 0 saturated carbocycles. The molecule has 0 aliphatic heterocycles. The maximum atomic E-state index is 13.7. The number of sulfonamides is 1. The number of benzene rings is 3. The van der Waals surface area contributed by atoms with Gasteiger partial charge in [0, 0.05) is 0 Å². The number of nitrogens with zero attached hydrogens (tertiary/aromatic N) is 1. The van der Waals surface area contributed by atoms with E-state index in [4.69, 9.17) is 9.47 Å². The Hall–Kier alpha value is -3.52. The molecule has 0 aromatic heterocycles. The van der Waals surface area contributed by atoms with Crippen LogP contribution in [0.5, 0.6) is 11.5 Å². The summed E-state index contributed by atoms with van der Waals surface area (Å²) in [5.74, 6) is 0.965. The van der Waals surface area contributed by atoms with Crippen LogP contribution in [0.4, 0.5) is 5.69 Å². The highest BCUT2D eigenvalue weighted by Crippen LogP contribution is 2.32. The highest BCUT2D eigenvalue weighted by atomic mass is 32.2. The first-order valence-corrected chi connectivity index (χ1v) is 13.3. The maximum absolute atomic E-state index is 13.7. The van der Waals surface area contributed by atoms with Crippen molar-refractivity contribution in [2.75, 3.05) is 25.1 Å². The van der Waals surface area contributed by atoms with Crippen LogP contribution < -0.4 is 19.1 Å². The highest BCUT2D eigenvalue weighted by Gasteiger charge is 2.30. The van der Waals surface area contributed by atoms with Crippen molar-refractivity contribution in [2.24, 2.45) is 5.92 Å². The Morgan fingerprint density at radius 3 is 2.14 bits per heavy atom. The largest absolute Gasteiger partial charge is 0.497 e. The first-order valence-electron chi connectivity index (χ1n) is 11.8. The van der Waals surface area contributed by atoms with Gasteiger partial charge < -0.3 is 14.8 Å². The van der Waals surface area contributed by atoms with E-state index in [1.165, 1.54) is 7.11 Å². The lowest BCUT2D eigenvalue weighted by molar-refractivity contribution is -0.120. The second kappa shape index (κ2) is 11.9. The lowest BCUT2D eigenvalue weighted by Gasteiger charge is -2.27. The summed E-state index contributed by atoms with van der Waals surface area (Å²) in [6.07, 6.45) is 0.692. The molecule has 0 aliphatic carbocycles. The number of anilines is 1. The molecule has 36 heavy (non-hydrogen) atoms. The van der Waals surface area contributed by atoms with E-state index in [1.54, 1.807) is 55.6 Å². The topological polar surface area (TPSA) is 84.9 Å². The van der Waals surface area contributed by atoms with Gasteiger partial charge in [-0.2, -0.15) is 0 Å². The third-order valence-corrected chi connectivity index (χ3v) is 7.58. The van der Waals surface area contributed by atoms with E-state index >= 15 is 0 Å². The van der Waals surface area contributed by atoms with Gasteiger partial charge in [-0.05, 0) is 61.2 Å². The van der Waals surface area contributed by atoms with Gasteiger partial charge in [-0.3, -0.25) is 9.10 Å². The Morgan fingerprint density at radius 1 is 0.917 bits per heavy atom. The number of methoxy groups -OCH3 is 2. The number of carbonyl (C=O) groups excluding carboxylic acids is 1. The van der Waals surface area contributed by atoms with Gasteiger partial charge in [0.05, 0.1) is 30.8 Å². The molecule has 8 heteroatoms. The molecular formula is C28H34N2O5S. The molecule has 1 N–H and O–H groups in total. The number of hydrogen-bond donors (Lipinski definition) is 1. The fourth-order valence-corrected chi connectivity index (χ4v) is 5.36. The van der Waals surface area contributed by atoms with Crippen LogP contribution in [0, 0.1) is 12.8 Å². The molecule has 1 amide bonds. The zero-order chi connectivity index (χ0) is 26.3. The van der Waals surface area contributed by atoms with Crippen LogP contribution in [0.15, 0.2) is 77.7 Å². The van der Waals surface area contributed by atoms with Crippen LogP contribution >= 0.6 is 0 Å². The average Bonchev–Trinajstić information content (AvgIpc) is 2.87. The molecule has 3 aromatic carbocycles. The van der Waals surface area contributed by atoms with Crippen molar-refractivity contribution in [1.29, 1.82) is 0 Å². The standard InChI is InChI=1S/C28H34N2O5S/c1-20(2)18-25(22-12-14-23(34-4)15-13-22)29-28(31)19-30(26-8-6-7-9-27(26)35-5)36(32,33)24-16-10-21(3)11-17-24/h6-17,20,25H,18-19H2,1-5H3,(H,29,31). The number of ether oxygens (including phenoxy) is 2. The molecule has 0 heterocycles. The SMILES string of the molecule is COc1ccc(C(CC(C)C)NC(=O)CN(c2ccccc2OC)S(=O)(=O)c2ccc(C)cc2)cc1. The maximum Gasteiger partial charge on any atom is 0.264 e. The van der Waals surface area contributed by atoms with E-state index in [0.29, 0.717) is 23.8 Å². The Labute approximate surface area is 214 Å². The van der Waals surface area contributed by atoms with Gasteiger partial charge in [-0.1, -0.05) is 55.8 Å². The van der Waals surface area contributed by atoms with Crippen molar-refractivity contribution in [3.63, 3.8) is 0 Å². The van der Waals surface area contributed by atoms with Crippen molar-refractivity contribution in [3.05, 3.63) is 83.9 Å². The fraction of sp³-hybridized carbons (Fsp3) is 0.321. The second-order valence-electron chi connectivity index (χ2n) is 9.02. The zero-order valence-corrected chi connectivity index (χ0v) is 22.2. The minimum atomic E-state index is -4.06. The Kier molecular flexibility index (Phi) is 8.98. The first-order chi connectivity index (χ1) is 17.1. The summed E-state index contributed by atoms with van der Waals surface area (Å²) >= 11 is 0. The third-order valence-electron chi connectivity index (χ3n) is 5.81. The molecule has 0 aliphatic rings. The van der Waals surface area contributed by atoms with Crippen molar-refractivity contribution in [2.45, 2.75) is 38.1 Å². The molecule has 0 bridgehead atoms. The molecule has 1 atom stereocenters. The summed E-state index contributed by atoms with van der Waals surface area (Å²) in [6, 6.07) is 20.5. The van der Waals surface area contributed by atoms with Crippen LogP contribution in [-0.2, 0) is 14.8 Å². The molecule has 3 rings (SSSR count). The number of para-hydroxylation sites is 2. The normalized spacial score (nSPS) is 12.2. The molecule has 3 aromatic rings. The van der Waals surface area contributed by atoms with E-state index in [-0.39, 0.29) is 10.9 Å². The number of rotatable bonds is 11. The van der Waals surface area contributed by atoms with Crippen molar-refractivity contribution in [1.82, 2.24) is 5.32 Å². The summed E-state index contributed by atoms with van der Waals surface area (Å²) in [5.41, 5.74) is 2.15. The number of amides is 1. The van der Waals surface area contributed by atoms with Crippen molar-refractivity contribution in [3.8, 4) is 11.5 Å². The molecular weight excluding hydrogens is 476 g/mol. The molecule has 0 saturated heterocycles. The molecule has 0 spiro atoms. The van der Waals surface area contributed by atoms with Crippen LogP contribution in [0.1, 0.15) is 37.4 Å². The van der Waals surface area contributed by atoms with Gasteiger partial charge in [0.15, 0.2) is 0 Å². The molecule has 7 nitrogen and oxygen atoms in total. The van der Waals surface area contributed by atoms with Crippen molar-refractivity contribution < 1.29 is 22.7 Å². The van der Waals surface area contributed by atoms with E-state index in [0.717, 1.165) is 21.2 Å². The van der Waals surface area contributed by atoms with Crippen LogP contribution in [0.2, 0.25) is 0 Å².